The van der Waals surface area contributed by atoms with E-state index in [0.717, 1.165) is 16.8 Å². The van der Waals surface area contributed by atoms with E-state index in [9.17, 15) is 9.59 Å². The lowest BCUT2D eigenvalue weighted by atomic mass is 10.1. The van der Waals surface area contributed by atoms with Crippen molar-refractivity contribution in [3.05, 3.63) is 71.6 Å². The lowest BCUT2D eigenvalue weighted by molar-refractivity contribution is -0.137. The minimum atomic E-state index is -0.804. The fraction of sp³-hybridized carbons (Fsp3) is 0.211. The van der Waals surface area contributed by atoms with E-state index in [1.54, 1.807) is 12.3 Å². The highest BCUT2D eigenvalue weighted by molar-refractivity contribution is 5.91. The number of hydrogen-bond acceptors (Lipinski definition) is 3. The Hall–Kier alpha value is -2.95. The zero-order valence-corrected chi connectivity index (χ0v) is 13.3. The van der Waals surface area contributed by atoms with Gasteiger partial charge in [0.1, 0.15) is 0 Å². The molecule has 2 N–H and O–H groups in total. The van der Waals surface area contributed by atoms with Gasteiger partial charge in [0, 0.05) is 37.4 Å². The SMILES string of the molecule is O=C(O)CCc1ccc(/C=C/C(=O)NCCc2ccccn2)cc1. The molecule has 0 atom stereocenters. The number of aliphatic carboxylic acids is 1. The zero-order valence-electron chi connectivity index (χ0n) is 13.3. The van der Waals surface area contributed by atoms with Crippen molar-refractivity contribution in [1.29, 1.82) is 0 Å². The van der Waals surface area contributed by atoms with Crippen LogP contribution >= 0.6 is 0 Å². The van der Waals surface area contributed by atoms with Gasteiger partial charge >= 0.3 is 5.97 Å². The molecular formula is C19H20N2O3. The molecule has 0 saturated carbocycles. The summed E-state index contributed by atoms with van der Waals surface area (Å²) in [7, 11) is 0. The molecular weight excluding hydrogens is 304 g/mol. The summed E-state index contributed by atoms with van der Waals surface area (Å²) in [6.45, 7) is 0.536. The van der Waals surface area contributed by atoms with Gasteiger partial charge in [0.05, 0.1) is 0 Å². The Labute approximate surface area is 141 Å². The first kappa shape index (κ1) is 17.4. The van der Waals surface area contributed by atoms with E-state index in [2.05, 4.69) is 10.3 Å². The first-order valence-electron chi connectivity index (χ1n) is 7.80. The molecule has 0 spiro atoms. The van der Waals surface area contributed by atoms with Crippen LogP contribution in [0.15, 0.2) is 54.7 Å². The Bertz CT molecular complexity index is 694. The van der Waals surface area contributed by atoms with Gasteiger partial charge in [0.2, 0.25) is 5.91 Å². The second kappa shape index (κ2) is 9.25. The van der Waals surface area contributed by atoms with Crippen LogP contribution in [0.5, 0.6) is 0 Å². The van der Waals surface area contributed by atoms with E-state index in [4.69, 9.17) is 5.11 Å². The highest BCUT2D eigenvalue weighted by Gasteiger charge is 2.00. The van der Waals surface area contributed by atoms with E-state index in [1.807, 2.05) is 42.5 Å². The topological polar surface area (TPSA) is 79.3 Å². The number of carboxylic acid groups (broad SMARTS) is 1. The maximum Gasteiger partial charge on any atom is 0.303 e. The van der Waals surface area contributed by atoms with Gasteiger partial charge in [0.25, 0.3) is 0 Å². The molecule has 0 aliphatic carbocycles. The molecule has 1 aromatic carbocycles. The predicted molar refractivity (Wildman–Crippen MR) is 92.4 cm³/mol. The van der Waals surface area contributed by atoms with Gasteiger partial charge < -0.3 is 10.4 Å². The lowest BCUT2D eigenvalue weighted by Gasteiger charge is -2.02. The van der Waals surface area contributed by atoms with Gasteiger partial charge in [-0.2, -0.15) is 0 Å². The molecule has 0 bridgehead atoms. The number of hydrogen-bond donors (Lipinski definition) is 2. The summed E-state index contributed by atoms with van der Waals surface area (Å²) in [6.07, 6.45) is 6.28. The molecule has 24 heavy (non-hydrogen) atoms. The number of aryl methyl sites for hydroxylation is 1. The third kappa shape index (κ3) is 6.44. The number of carbonyl (C=O) groups excluding carboxylic acids is 1. The molecule has 124 valence electrons. The third-order valence-electron chi connectivity index (χ3n) is 3.44. The van der Waals surface area contributed by atoms with Gasteiger partial charge in [-0.1, -0.05) is 30.3 Å². The molecule has 0 aliphatic heterocycles. The van der Waals surface area contributed by atoms with Gasteiger partial charge in [0.15, 0.2) is 0 Å². The highest BCUT2D eigenvalue weighted by atomic mass is 16.4. The van der Waals surface area contributed by atoms with Crippen LogP contribution in [0, 0.1) is 0 Å². The maximum absolute atomic E-state index is 11.8. The van der Waals surface area contributed by atoms with Crippen LogP contribution in [-0.4, -0.2) is 28.5 Å². The zero-order chi connectivity index (χ0) is 17.2. The summed E-state index contributed by atoms with van der Waals surface area (Å²) in [4.78, 5) is 26.5. The number of rotatable bonds is 8. The largest absolute Gasteiger partial charge is 0.481 e. The standard InChI is InChI=1S/C19H20N2O3/c22-18(21-14-12-17-3-1-2-13-20-17)10-8-15-4-6-16(7-5-15)9-11-19(23)24/h1-8,10,13H,9,11-12,14H2,(H,21,22)(H,23,24)/b10-8+. The molecule has 1 aromatic heterocycles. The quantitative estimate of drug-likeness (QED) is 0.731. The van der Waals surface area contributed by atoms with Crippen LogP contribution in [0.1, 0.15) is 23.2 Å². The molecule has 2 aromatic rings. The van der Waals surface area contributed by atoms with Crippen molar-refractivity contribution in [2.45, 2.75) is 19.3 Å². The minimum absolute atomic E-state index is 0.119. The van der Waals surface area contributed by atoms with E-state index in [0.29, 0.717) is 19.4 Å². The second-order valence-electron chi connectivity index (χ2n) is 5.33. The van der Waals surface area contributed by atoms with E-state index in [1.165, 1.54) is 6.08 Å². The fourth-order valence-corrected chi connectivity index (χ4v) is 2.14. The van der Waals surface area contributed by atoms with Crippen molar-refractivity contribution in [2.24, 2.45) is 0 Å². The number of aromatic nitrogens is 1. The minimum Gasteiger partial charge on any atom is -0.481 e. The molecule has 1 amide bonds. The lowest BCUT2D eigenvalue weighted by Crippen LogP contribution is -2.23. The van der Waals surface area contributed by atoms with Crippen LogP contribution in [-0.2, 0) is 22.4 Å². The van der Waals surface area contributed by atoms with Crippen LogP contribution in [0.25, 0.3) is 6.08 Å². The van der Waals surface area contributed by atoms with Crippen molar-refractivity contribution in [2.75, 3.05) is 6.54 Å². The first-order valence-corrected chi connectivity index (χ1v) is 7.80. The van der Waals surface area contributed by atoms with Crippen molar-refractivity contribution in [1.82, 2.24) is 10.3 Å². The van der Waals surface area contributed by atoms with E-state index >= 15 is 0 Å². The smallest absolute Gasteiger partial charge is 0.303 e. The summed E-state index contributed by atoms with van der Waals surface area (Å²) >= 11 is 0. The second-order valence-corrected chi connectivity index (χ2v) is 5.33. The molecule has 5 nitrogen and oxygen atoms in total. The van der Waals surface area contributed by atoms with Gasteiger partial charge in [-0.05, 0) is 35.8 Å². The van der Waals surface area contributed by atoms with E-state index in [-0.39, 0.29) is 12.3 Å². The maximum atomic E-state index is 11.8. The Balaban J connectivity index is 1.75. The molecule has 0 unspecified atom stereocenters. The number of nitrogens with zero attached hydrogens (tertiary/aromatic N) is 1. The summed E-state index contributed by atoms with van der Waals surface area (Å²) in [5, 5.41) is 11.5. The average molecular weight is 324 g/mol. The fourth-order valence-electron chi connectivity index (χ4n) is 2.14. The van der Waals surface area contributed by atoms with Crippen LogP contribution in [0.4, 0.5) is 0 Å². The monoisotopic (exact) mass is 324 g/mol. The summed E-state index contributed by atoms with van der Waals surface area (Å²) < 4.78 is 0. The normalized spacial score (nSPS) is 10.7. The molecule has 0 radical (unpaired) electrons. The van der Waals surface area contributed by atoms with Gasteiger partial charge in [-0.3, -0.25) is 14.6 Å². The summed E-state index contributed by atoms with van der Waals surface area (Å²) in [6, 6.07) is 13.2. The van der Waals surface area contributed by atoms with Crippen LogP contribution in [0.3, 0.4) is 0 Å². The number of carbonyl (C=O) groups is 2. The molecule has 1 heterocycles. The third-order valence-corrected chi connectivity index (χ3v) is 3.44. The average Bonchev–Trinajstić information content (AvgIpc) is 2.60. The van der Waals surface area contributed by atoms with Crippen molar-refractivity contribution < 1.29 is 14.7 Å². The van der Waals surface area contributed by atoms with Crippen molar-refractivity contribution >= 4 is 18.0 Å². The van der Waals surface area contributed by atoms with Crippen molar-refractivity contribution in [3.63, 3.8) is 0 Å². The van der Waals surface area contributed by atoms with Gasteiger partial charge in [-0.25, -0.2) is 0 Å². The number of nitrogens with one attached hydrogen (secondary N) is 1. The Morgan fingerprint density at radius 3 is 2.54 bits per heavy atom. The molecule has 0 saturated heterocycles. The number of carboxylic acids is 1. The molecule has 5 heteroatoms. The Morgan fingerprint density at radius 1 is 1.08 bits per heavy atom. The van der Waals surface area contributed by atoms with Gasteiger partial charge in [-0.15, -0.1) is 0 Å². The highest BCUT2D eigenvalue weighted by Crippen LogP contribution is 2.08. The number of pyridine rings is 1. The number of amides is 1. The molecule has 0 fully saturated rings. The Morgan fingerprint density at radius 2 is 1.88 bits per heavy atom. The number of benzene rings is 1. The predicted octanol–water partition coefficient (Wildman–Crippen LogP) is 2.47. The molecule has 2 rings (SSSR count). The molecule has 0 aliphatic rings. The van der Waals surface area contributed by atoms with E-state index < -0.39 is 5.97 Å². The van der Waals surface area contributed by atoms with Crippen LogP contribution < -0.4 is 5.32 Å². The first-order chi connectivity index (χ1) is 11.6. The summed E-state index contributed by atoms with van der Waals surface area (Å²) in [5.74, 6) is -0.956. The summed E-state index contributed by atoms with van der Waals surface area (Å²) in [5.41, 5.74) is 2.81. The van der Waals surface area contributed by atoms with Crippen molar-refractivity contribution in [3.8, 4) is 0 Å². The van der Waals surface area contributed by atoms with Crippen LogP contribution in [0.2, 0.25) is 0 Å². The Kier molecular flexibility index (Phi) is 6.71.